The van der Waals surface area contributed by atoms with E-state index in [-0.39, 0.29) is 5.91 Å². The lowest BCUT2D eigenvalue weighted by Crippen LogP contribution is -2.32. The summed E-state index contributed by atoms with van der Waals surface area (Å²) in [5, 5.41) is 8.37. The zero-order valence-electron chi connectivity index (χ0n) is 10.3. The van der Waals surface area contributed by atoms with Crippen LogP contribution < -0.4 is 0 Å². The highest BCUT2D eigenvalue weighted by Gasteiger charge is 2.29. The van der Waals surface area contributed by atoms with Gasteiger partial charge < -0.3 is 4.90 Å². The van der Waals surface area contributed by atoms with Gasteiger partial charge in [-0.2, -0.15) is 0 Å². The van der Waals surface area contributed by atoms with Crippen molar-refractivity contribution >= 4 is 39.2 Å². The number of hydrogen-bond donors (Lipinski definition) is 0. The molecule has 1 aliphatic rings. The molecule has 2 rings (SSSR count). The molecule has 1 aromatic rings. The summed E-state index contributed by atoms with van der Waals surface area (Å²) in [7, 11) is 5.66. The highest BCUT2D eigenvalue weighted by atomic mass is 32.6. The van der Waals surface area contributed by atoms with Crippen LogP contribution in [0.3, 0.4) is 0 Å². The number of aryl methyl sites for hydroxylation is 1. The van der Waals surface area contributed by atoms with Gasteiger partial charge in [0, 0.05) is 13.1 Å². The van der Waals surface area contributed by atoms with E-state index in [0.717, 1.165) is 43.7 Å². The van der Waals surface area contributed by atoms with Crippen molar-refractivity contribution < 1.29 is 4.79 Å². The van der Waals surface area contributed by atoms with Gasteiger partial charge in [-0.15, -0.1) is 14.0 Å². The van der Waals surface area contributed by atoms with Gasteiger partial charge in [0.05, 0.1) is 13.1 Å². The first-order chi connectivity index (χ1) is 8.69. The standard InChI is InChI=1S/C9H18N4OP4/c1-2-5-12-6-3-4-7-8(9(12)14)13(11-10-7)18(16)17-15/h17H,2-6,15-16H2,1H3. The van der Waals surface area contributed by atoms with Crippen molar-refractivity contribution in [2.24, 2.45) is 0 Å². The van der Waals surface area contributed by atoms with E-state index in [0.29, 0.717) is 7.96 Å². The summed E-state index contributed by atoms with van der Waals surface area (Å²) in [5.74, 6) is 0.104. The lowest BCUT2D eigenvalue weighted by atomic mass is 10.2. The monoisotopic (exact) mass is 322 g/mol. The molecule has 0 radical (unpaired) electrons. The summed E-state index contributed by atoms with van der Waals surface area (Å²) < 4.78 is 1.83. The Morgan fingerprint density at radius 1 is 1.56 bits per heavy atom. The molecule has 100 valence electrons. The number of aromatic nitrogens is 3. The van der Waals surface area contributed by atoms with Crippen molar-refractivity contribution in [2.45, 2.75) is 26.2 Å². The Kier molecular flexibility index (Phi) is 5.46. The number of nitrogens with zero attached hydrogens (tertiary/aromatic N) is 4. The Labute approximate surface area is 115 Å². The zero-order chi connectivity index (χ0) is 13.1. The summed E-state index contributed by atoms with van der Waals surface area (Å²) >= 11 is 0. The van der Waals surface area contributed by atoms with E-state index >= 15 is 0 Å². The zero-order valence-corrected chi connectivity index (χ0v) is 14.5. The molecule has 0 bridgehead atoms. The molecule has 2 heterocycles. The largest absolute Gasteiger partial charge is 0.337 e. The first-order valence-electron chi connectivity index (χ1n) is 5.94. The molecule has 0 saturated heterocycles. The Hall–Kier alpha value is 0.330. The summed E-state index contributed by atoms with van der Waals surface area (Å²) in [5.41, 5.74) is 1.59. The lowest BCUT2D eigenvalue weighted by Gasteiger charge is -2.21. The molecular formula is C9H18N4OP4. The molecule has 0 fully saturated rings. The fourth-order valence-corrected chi connectivity index (χ4v) is 4.93. The van der Waals surface area contributed by atoms with E-state index in [1.54, 1.807) is 0 Å². The van der Waals surface area contributed by atoms with Crippen LogP contribution in [-0.4, -0.2) is 38.7 Å². The van der Waals surface area contributed by atoms with Crippen molar-refractivity contribution in [3.8, 4) is 0 Å². The smallest absolute Gasteiger partial charge is 0.274 e. The van der Waals surface area contributed by atoms with Gasteiger partial charge in [-0.05, 0) is 27.2 Å². The lowest BCUT2D eigenvalue weighted by molar-refractivity contribution is 0.0753. The molecule has 0 aromatic carbocycles. The van der Waals surface area contributed by atoms with E-state index in [2.05, 4.69) is 35.1 Å². The van der Waals surface area contributed by atoms with Crippen molar-refractivity contribution in [1.82, 2.24) is 19.7 Å². The maximum Gasteiger partial charge on any atom is 0.274 e. The van der Waals surface area contributed by atoms with Gasteiger partial charge in [0.1, 0.15) is 0 Å². The molecule has 1 amide bonds. The van der Waals surface area contributed by atoms with Gasteiger partial charge in [-0.25, -0.2) is 4.45 Å². The predicted octanol–water partition coefficient (Wildman–Crippen LogP) is 2.50. The second-order valence-electron chi connectivity index (χ2n) is 4.14. The second kappa shape index (κ2) is 6.67. The van der Waals surface area contributed by atoms with E-state index < -0.39 is 7.45 Å². The normalized spacial score (nSPS) is 18.2. The second-order valence-corrected chi connectivity index (χ2v) is 13.0. The summed E-state index contributed by atoms with van der Waals surface area (Å²) in [6.45, 7) is 3.75. The molecule has 0 spiro atoms. The topological polar surface area (TPSA) is 51.0 Å². The quantitative estimate of drug-likeness (QED) is 0.800. The number of rotatable bonds is 4. The minimum Gasteiger partial charge on any atom is -0.337 e. The van der Waals surface area contributed by atoms with Gasteiger partial charge in [0.15, 0.2) is 5.69 Å². The first kappa shape index (κ1) is 14.7. The van der Waals surface area contributed by atoms with Crippen LogP contribution in [0.5, 0.6) is 0 Å². The molecule has 4 unspecified atom stereocenters. The highest BCUT2D eigenvalue weighted by Crippen LogP contribution is 2.66. The minimum atomic E-state index is -0.515. The van der Waals surface area contributed by atoms with Gasteiger partial charge in [-0.3, -0.25) is 4.79 Å². The fourth-order valence-electron chi connectivity index (χ4n) is 2.06. The maximum atomic E-state index is 12.6. The Balaban J connectivity index is 2.36. The van der Waals surface area contributed by atoms with Crippen LogP contribution in [0, 0.1) is 0 Å². The third-order valence-corrected chi connectivity index (χ3v) is 12.3. The summed E-state index contributed by atoms with van der Waals surface area (Å²) in [6.07, 6.45) is 2.83. The average Bonchev–Trinajstić information content (AvgIpc) is 2.73. The van der Waals surface area contributed by atoms with E-state index in [1.807, 2.05) is 9.35 Å². The van der Waals surface area contributed by atoms with Crippen LogP contribution in [0.2, 0.25) is 0 Å². The van der Waals surface area contributed by atoms with Crippen molar-refractivity contribution in [3.63, 3.8) is 0 Å². The Morgan fingerprint density at radius 2 is 2.33 bits per heavy atom. The third kappa shape index (κ3) is 2.91. The molecule has 0 N–H and O–H groups in total. The van der Waals surface area contributed by atoms with Crippen LogP contribution in [0.15, 0.2) is 0 Å². The molecule has 4 atom stereocenters. The van der Waals surface area contributed by atoms with Crippen molar-refractivity contribution in [2.75, 3.05) is 13.1 Å². The van der Waals surface area contributed by atoms with Gasteiger partial charge in [-0.1, -0.05) is 21.1 Å². The number of carbonyl (C=O) groups is 1. The molecule has 0 saturated carbocycles. The summed E-state index contributed by atoms with van der Waals surface area (Å²) in [6, 6.07) is 0. The Bertz CT molecular complexity index is 438. The van der Waals surface area contributed by atoms with Crippen LogP contribution in [0.25, 0.3) is 0 Å². The van der Waals surface area contributed by atoms with E-state index in [9.17, 15) is 4.79 Å². The van der Waals surface area contributed by atoms with Gasteiger partial charge >= 0.3 is 0 Å². The maximum absolute atomic E-state index is 12.6. The minimum absolute atomic E-state index is 0.104. The van der Waals surface area contributed by atoms with Gasteiger partial charge in [0.2, 0.25) is 0 Å². The molecule has 18 heavy (non-hydrogen) atoms. The number of fused-ring (bicyclic) bond motifs is 1. The molecule has 9 heteroatoms. The average molecular weight is 322 g/mol. The van der Waals surface area contributed by atoms with Gasteiger partial charge in [0.25, 0.3) is 5.91 Å². The van der Waals surface area contributed by atoms with Crippen LogP contribution in [0.1, 0.15) is 35.9 Å². The van der Waals surface area contributed by atoms with Crippen LogP contribution in [-0.2, 0) is 6.42 Å². The third-order valence-electron chi connectivity index (χ3n) is 2.88. The fraction of sp³-hybridized carbons (Fsp3) is 0.667. The molecule has 1 aromatic heterocycles. The SMILES string of the molecule is CCCN1CCCc2nnn(P(P)PP)c2C1=O. The van der Waals surface area contributed by atoms with Crippen LogP contribution in [0.4, 0.5) is 0 Å². The highest BCUT2D eigenvalue weighted by molar-refractivity contribution is 8.60. The Morgan fingerprint density at radius 3 is 3.00 bits per heavy atom. The summed E-state index contributed by atoms with van der Waals surface area (Å²) in [4.78, 5) is 14.5. The number of hydrogen-bond acceptors (Lipinski definition) is 3. The van der Waals surface area contributed by atoms with Crippen molar-refractivity contribution in [3.05, 3.63) is 11.4 Å². The molecule has 1 aliphatic heterocycles. The number of amides is 1. The van der Waals surface area contributed by atoms with E-state index in [4.69, 9.17) is 0 Å². The molecular weight excluding hydrogens is 304 g/mol. The van der Waals surface area contributed by atoms with Crippen LogP contribution >= 0.6 is 33.3 Å². The number of carbonyl (C=O) groups excluding carboxylic acids is 1. The first-order valence-corrected chi connectivity index (χ1v) is 12.5. The molecule has 0 aliphatic carbocycles. The van der Waals surface area contributed by atoms with E-state index in [1.165, 1.54) is 0 Å². The molecule has 5 nitrogen and oxygen atoms in total. The van der Waals surface area contributed by atoms with Crippen molar-refractivity contribution in [1.29, 1.82) is 0 Å². The predicted molar refractivity (Wildman–Crippen MR) is 84.6 cm³/mol.